The number of hydrogen-bond acceptors (Lipinski definition) is 3. The summed E-state index contributed by atoms with van der Waals surface area (Å²) in [6.45, 7) is 2.55. The SMILES string of the molecule is CC(NCC1Cc2ccccc2O1)c1ccc(O)cc1F. The van der Waals surface area contributed by atoms with Gasteiger partial charge in [0, 0.05) is 30.6 Å². The molecule has 0 radical (unpaired) electrons. The number of para-hydroxylation sites is 1. The first kappa shape index (κ1) is 13.9. The highest BCUT2D eigenvalue weighted by atomic mass is 19.1. The summed E-state index contributed by atoms with van der Waals surface area (Å²) in [6.07, 6.45) is 0.943. The lowest BCUT2D eigenvalue weighted by Crippen LogP contribution is -2.32. The van der Waals surface area contributed by atoms with Gasteiger partial charge in [-0.1, -0.05) is 24.3 Å². The Kier molecular flexibility index (Phi) is 3.80. The topological polar surface area (TPSA) is 41.5 Å². The summed E-state index contributed by atoms with van der Waals surface area (Å²) in [5.41, 5.74) is 1.76. The highest BCUT2D eigenvalue weighted by Gasteiger charge is 2.23. The van der Waals surface area contributed by atoms with E-state index in [9.17, 15) is 9.50 Å². The van der Waals surface area contributed by atoms with Crippen LogP contribution >= 0.6 is 0 Å². The number of aromatic hydroxyl groups is 1. The molecule has 0 fully saturated rings. The second-order valence-electron chi connectivity index (χ2n) is 5.39. The predicted octanol–water partition coefficient (Wildman–Crippen LogP) is 3.19. The van der Waals surface area contributed by atoms with E-state index in [-0.39, 0.29) is 17.9 Å². The molecule has 2 unspecified atom stereocenters. The van der Waals surface area contributed by atoms with E-state index in [1.165, 1.54) is 11.6 Å². The zero-order chi connectivity index (χ0) is 14.8. The summed E-state index contributed by atoms with van der Waals surface area (Å²) in [4.78, 5) is 0. The molecular weight excluding hydrogens is 269 g/mol. The molecule has 2 atom stereocenters. The van der Waals surface area contributed by atoms with Crippen LogP contribution in [-0.2, 0) is 6.42 Å². The van der Waals surface area contributed by atoms with Crippen molar-refractivity contribution in [3.8, 4) is 11.5 Å². The second kappa shape index (κ2) is 5.74. The lowest BCUT2D eigenvalue weighted by Gasteiger charge is -2.18. The van der Waals surface area contributed by atoms with Gasteiger partial charge < -0.3 is 15.2 Å². The van der Waals surface area contributed by atoms with Gasteiger partial charge in [-0.15, -0.1) is 0 Å². The molecule has 0 aromatic heterocycles. The molecular formula is C17H18FNO2. The van der Waals surface area contributed by atoms with E-state index in [4.69, 9.17) is 4.74 Å². The normalized spacial score (nSPS) is 18.1. The van der Waals surface area contributed by atoms with Gasteiger partial charge in [-0.3, -0.25) is 0 Å². The largest absolute Gasteiger partial charge is 0.508 e. The number of hydrogen-bond donors (Lipinski definition) is 2. The number of halogens is 1. The maximum absolute atomic E-state index is 13.8. The fraction of sp³-hybridized carbons (Fsp3) is 0.294. The second-order valence-corrected chi connectivity index (χ2v) is 5.39. The first-order valence-corrected chi connectivity index (χ1v) is 7.10. The van der Waals surface area contributed by atoms with Gasteiger partial charge in [-0.05, 0) is 24.6 Å². The number of rotatable bonds is 4. The van der Waals surface area contributed by atoms with Gasteiger partial charge in [-0.25, -0.2) is 4.39 Å². The lowest BCUT2D eigenvalue weighted by molar-refractivity contribution is 0.222. The Labute approximate surface area is 123 Å². The molecule has 2 N–H and O–H groups in total. The third-order valence-electron chi connectivity index (χ3n) is 3.82. The molecule has 0 saturated heterocycles. The standard InChI is InChI=1S/C17H18FNO2/c1-11(15-7-6-13(20)9-16(15)18)19-10-14-8-12-4-2-3-5-17(12)21-14/h2-7,9,11,14,19-20H,8,10H2,1H3. The monoisotopic (exact) mass is 287 g/mol. The molecule has 0 bridgehead atoms. The smallest absolute Gasteiger partial charge is 0.131 e. The van der Waals surface area contributed by atoms with E-state index in [0.29, 0.717) is 12.1 Å². The molecule has 1 heterocycles. The average Bonchev–Trinajstić information content (AvgIpc) is 2.87. The van der Waals surface area contributed by atoms with Crippen molar-refractivity contribution >= 4 is 0 Å². The molecule has 2 aromatic rings. The number of nitrogens with one attached hydrogen (secondary N) is 1. The Bertz CT molecular complexity index is 619. The molecule has 0 spiro atoms. The Balaban J connectivity index is 1.59. The summed E-state index contributed by atoms with van der Waals surface area (Å²) in [5.74, 6) is 0.483. The van der Waals surface area contributed by atoms with Gasteiger partial charge in [0.2, 0.25) is 0 Å². The molecule has 4 heteroatoms. The van der Waals surface area contributed by atoms with E-state index in [1.807, 2.05) is 25.1 Å². The minimum atomic E-state index is -0.398. The van der Waals surface area contributed by atoms with E-state index >= 15 is 0 Å². The van der Waals surface area contributed by atoms with Crippen LogP contribution in [0.4, 0.5) is 4.39 Å². The first-order valence-electron chi connectivity index (χ1n) is 7.10. The van der Waals surface area contributed by atoms with Crippen LogP contribution in [0.5, 0.6) is 11.5 Å². The molecule has 0 amide bonds. The molecule has 3 rings (SSSR count). The highest BCUT2D eigenvalue weighted by Crippen LogP contribution is 2.28. The Morgan fingerprint density at radius 3 is 2.90 bits per heavy atom. The van der Waals surface area contributed by atoms with Gasteiger partial charge in [0.1, 0.15) is 23.4 Å². The minimum Gasteiger partial charge on any atom is -0.508 e. The van der Waals surface area contributed by atoms with E-state index in [2.05, 4.69) is 11.4 Å². The number of ether oxygens (including phenoxy) is 1. The maximum atomic E-state index is 13.8. The van der Waals surface area contributed by atoms with Crippen molar-refractivity contribution in [3.63, 3.8) is 0 Å². The average molecular weight is 287 g/mol. The van der Waals surface area contributed by atoms with Crippen LogP contribution in [0, 0.1) is 5.82 Å². The van der Waals surface area contributed by atoms with Crippen LogP contribution in [0.3, 0.4) is 0 Å². The summed E-state index contributed by atoms with van der Waals surface area (Å²) in [5, 5.41) is 12.5. The summed E-state index contributed by atoms with van der Waals surface area (Å²) in [6, 6.07) is 12.1. The van der Waals surface area contributed by atoms with Crippen molar-refractivity contribution in [1.29, 1.82) is 0 Å². The Hall–Kier alpha value is -2.07. The van der Waals surface area contributed by atoms with Gasteiger partial charge >= 0.3 is 0 Å². The zero-order valence-corrected chi connectivity index (χ0v) is 11.8. The Morgan fingerprint density at radius 2 is 2.14 bits per heavy atom. The van der Waals surface area contributed by atoms with Gasteiger partial charge in [0.15, 0.2) is 0 Å². The van der Waals surface area contributed by atoms with E-state index in [1.54, 1.807) is 6.07 Å². The molecule has 3 nitrogen and oxygen atoms in total. The lowest BCUT2D eigenvalue weighted by atomic mass is 10.1. The van der Waals surface area contributed by atoms with Crippen LogP contribution in [0.2, 0.25) is 0 Å². The van der Waals surface area contributed by atoms with Crippen molar-refractivity contribution in [2.24, 2.45) is 0 Å². The summed E-state index contributed by atoms with van der Waals surface area (Å²) in [7, 11) is 0. The first-order chi connectivity index (χ1) is 10.1. The van der Waals surface area contributed by atoms with Gasteiger partial charge in [-0.2, -0.15) is 0 Å². The van der Waals surface area contributed by atoms with E-state index in [0.717, 1.165) is 18.2 Å². The fourth-order valence-corrected chi connectivity index (χ4v) is 2.65. The molecule has 21 heavy (non-hydrogen) atoms. The molecule has 0 saturated carbocycles. The quantitative estimate of drug-likeness (QED) is 0.907. The fourth-order valence-electron chi connectivity index (χ4n) is 2.65. The third kappa shape index (κ3) is 3.00. The van der Waals surface area contributed by atoms with Crippen LogP contribution in [0.1, 0.15) is 24.1 Å². The number of phenolic OH excluding ortho intramolecular Hbond substituents is 1. The predicted molar refractivity (Wildman–Crippen MR) is 79.0 cm³/mol. The minimum absolute atomic E-state index is 0.0574. The van der Waals surface area contributed by atoms with Crippen molar-refractivity contribution in [3.05, 3.63) is 59.4 Å². The van der Waals surface area contributed by atoms with Gasteiger partial charge in [0.05, 0.1) is 0 Å². The van der Waals surface area contributed by atoms with Crippen LogP contribution in [0.25, 0.3) is 0 Å². The molecule has 1 aliphatic rings. The van der Waals surface area contributed by atoms with E-state index < -0.39 is 5.82 Å². The molecule has 1 aliphatic heterocycles. The molecule has 0 aliphatic carbocycles. The van der Waals surface area contributed by atoms with Crippen molar-refractivity contribution < 1.29 is 14.2 Å². The summed E-state index contributed by atoms with van der Waals surface area (Å²) >= 11 is 0. The molecule has 110 valence electrons. The number of phenols is 1. The van der Waals surface area contributed by atoms with Crippen molar-refractivity contribution in [2.45, 2.75) is 25.5 Å². The maximum Gasteiger partial charge on any atom is 0.131 e. The summed E-state index contributed by atoms with van der Waals surface area (Å²) < 4.78 is 19.6. The van der Waals surface area contributed by atoms with Crippen molar-refractivity contribution in [1.82, 2.24) is 5.32 Å². The third-order valence-corrected chi connectivity index (χ3v) is 3.82. The van der Waals surface area contributed by atoms with Crippen molar-refractivity contribution in [2.75, 3.05) is 6.54 Å². The van der Waals surface area contributed by atoms with Crippen LogP contribution in [-0.4, -0.2) is 17.8 Å². The van der Waals surface area contributed by atoms with Gasteiger partial charge in [0.25, 0.3) is 0 Å². The Morgan fingerprint density at radius 1 is 1.33 bits per heavy atom. The van der Waals surface area contributed by atoms with Crippen LogP contribution in [0.15, 0.2) is 42.5 Å². The highest BCUT2D eigenvalue weighted by molar-refractivity contribution is 5.37. The zero-order valence-electron chi connectivity index (χ0n) is 11.8. The van der Waals surface area contributed by atoms with Crippen LogP contribution < -0.4 is 10.1 Å². The number of benzene rings is 2. The number of fused-ring (bicyclic) bond motifs is 1. The molecule has 2 aromatic carbocycles.